The van der Waals surface area contributed by atoms with Gasteiger partial charge in [0.15, 0.2) is 11.5 Å². The minimum absolute atomic E-state index is 0.0557. The van der Waals surface area contributed by atoms with Crippen LogP contribution in [0.5, 0.6) is 11.5 Å². The molecule has 0 spiro atoms. The molecule has 1 aliphatic heterocycles. The van der Waals surface area contributed by atoms with E-state index < -0.39 is 10.0 Å². The van der Waals surface area contributed by atoms with E-state index in [1.807, 2.05) is 12.1 Å². The summed E-state index contributed by atoms with van der Waals surface area (Å²) in [6, 6.07) is 13.3. The van der Waals surface area contributed by atoms with E-state index in [2.05, 4.69) is 4.72 Å². The highest BCUT2D eigenvalue weighted by molar-refractivity contribution is 7.92. The van der Waals surface area contributed by atoms with E-state index >= 15 is 0 Å². The summed E-state index contributed by atoms with van der Waals surface area (Å²) in [6.45, 7) is 1.84. The molecule has 3 aromatic carbocycles. The summed E-state index contributed by atoms with van der Waals surface area (Å²) in [5.41, 5.74) is 14.4. The van der Waals surface area contributed by atoms with Gasteiger partial charge in [0.05, 0.1) is 27.0 Å². The number of rotatable bonds is 4. The molecule has 0 radical (unpaired) electrons. The molecule has 0 atom stereocenters. The largest absolute Gasteiger partial charge is 0.454 e. The molecule has 0 fully saturated rings. The van der Waals surface area contributed by atoms with Crippen LogP contribution in [0, 0.1) is 6.92 Å². The van der Waals surface area contributed by atoms with Gasteiger partial charge in [0, 0.05) is 5.56 Å². The number of nitrogen functional groups attached to an aromatic ring is 2. The molecule has 0 saturated carbocycles. The van der Waals surface area contributed by atoms with Crippen molar-refractivity contribution in [1.29, 1.82) is 0 Å². The summed E-state index contributed by atoms with van der Waals surface area (Å²) in [5, 5.41) is 0.387. The molecule has 0 saturated heterocycles. The fourth-order valence-corrected chi connectivity index (χ4v) is 4.70. The zero-order chi connectivity index (χ0) is 20.8. The summed E-state index contributed by atoms with van der Waals surface area (Å²) < 4.78 is 38.8. The Morgan fingerprint density at radius 1 is 0.966 bits per heavy atom. The maximum absolute atomic E-state index is 12.8. The highest BCUT2D eigenvalue weighted by Crippen LogP contribution is 2.38. The number of sulfonamides is 1. The minimum atomic E-state index is -3.87. The minimum Gasteiger partial charge on any atom is -0.454 e. The molecule has 4 rings (SSSR count). The molecule has 0 amide bonds. The lowest BCUT2D eigenvalue weighted by molar-refractivity contribution is 0.174. The zero-order valence-electron chi connectivity index (χ0n) is 15.4. The highest BCUT2D eigenvalue weighted by Gasteiger charge is 2.20. The smallest absolute Gasteiger partial charge is 0.262 e. The van der Waals surface area contributed by atoms with E-state index in [1.165, 1.54) is 12.1 Å². The lowest BCUT2D eigenvalue weighted by Crippen LogP contribution is -2.15. The monoisotopic (exact) mass is 431 g/mol. The Kier molecular flexibility index (Phi) is 4.68. The molecule has 5 N–H and O–H groups in total. The van der Waals surface area contributed by atoms with Crippen LogP contribution >= 0.6 is 11.6 Å². The van der Waals surface area contributed by atoms with Gasteiger partial charge in [0.1, 0.15) is 0 Å². The number of aryl methyl sites for hydroxylation is 1. The maximum Gasteiger partial charge on any atom is 0.262 e. The van der Waals surface area contributed by atoms with Crippen LogP contribution in [0.25, 0.3) is 11.1 Å². The van der Waals surface area contributed by atoms with Crippen LogP contribution in [0.2, 0.25) is 5.02 Å². The Hall–Kier alpha value is -3.10. The van der Waals surface area contributed by atoms with Crippen molar-refractivity contribution >= 4 is 38.7 Å². The Morgan fingerprint density at radius 3 is 2.45 bits per heavy atom. The van der Waals surface area contributed by atoms with Crippen molar-refractivity contribution in [2.24, 2.45) is 0 Å². The molecule has 0 aromatic heterocycles. The van der Waals surface area contributed by atoms with E-state index in [9.17, 15) is 8.42 Å². The summed E-state index contributed by atoms with van der Waals surface area (Å²) >= 11 is 6.42. The number of halogens is 1. The third kappa shape index (κ3) is 3.64. The molecule has 7 nitrogen and oxygen atoms in total. The molecule has 0 bridgehead atoms. The summed E-state index contributed by atoms with van der Waals surface area (Å²) in [4.78, 5) is 0.0557. The molecule has 3 aromatic rings. The van der Waals surface area contributed by atoms with Gasteiger partial charge in [-0.3, -0.25) is 4.72 Å². The summed E-state index contributed by atoms with van der Waals surface area (Å²) in [6.07, 6.45) is 0. The number of anilines is 3. The zero-order valence-corrected chi connectivity index (χ0v) is 17.0. The van der Waals surface area contributed by atoms with Crippen LogP contribution in [0.1, 0.15) is 5.56 Å². The second-order valence-electron chi connectivity index (χ2n) is 6.61. The molecule has 0 aliphatic carbocycles. The lowest BCUT2D eigenvalue weighted by atomic mass is 10.0. The summed E-state index contributed by atoms with van der Waals surface area (Å²) in [7, 11) is -3.87. The molecule has 150 valence electrons. The van der Waals surface area contributed by atoms with Crippen LogP contribution in [-0.4, -0.2) is 15.2 Å². The first-order chi connectivity index (χ1) is 13.7. The quantitative estimate of drug-likeness (QED) is 0.537. The number of ether oxygens (including phenoxy) is 2. The Balaban J connectivity index is 1.64. The van der Waals surface area contributed by atoms with Gasteiger partial charge in [-0.1, -0.05) is 23.7 Å². The van der Waals surface area contributed by atoms with Crippen molar-refractivity contribution in [3.8, 4) is 22.6 Å². The van der Waals surface area contributed by atoms with Crippen molar-refractivity contribution < 1.29 is 17.9 Å². The van der Waals surface area contributed by atoms with Crippen molar-refractivity contribution in [1.82, 2.24) is 0 Å². The average Bonchev–Trinajstić information content (AvgIpc) is 3.12. The third-order valence-electron chi connectivity index (χ3n) is 4.57. The Morgan fingerprint density at radius 2 is 1.69 bits per heavy atom. The SMILES string of the molecule is Cc1cc(N)c(N)cc1S(=O)(=O)Nc1ccc(-c2ccc3c(c2)OCO3)c(Cl)c1. The standard InChI is InChI=1S/C20H18ClN3O4S/c1-11-6-16(22)17(23)9-20(11)29(25,26)24-13-3-4-14(15(21)8-13)12-2-5-18-19(7-12)28-10-27-18/h2-9,24H,10,22-23H2,1H3. The van der Waals surface area contributed by atoms with Crippen molar-refractivity contribution in [2.75, 3.05) is 23.0 Å². The first kappa shape index (κ1) is 19.2. The highest BCUT2D eigenvalue weighted by atomic mass is 35.5. The third-order valence-corrected chi connectivity index (χ3v) is 6.41. The van der Waals surface area contributed by atoms with Gasteiger partial charge in [-0.25, -0.2) is 8.42 Å². The van der Waals surface area contributed by atoms with Gasteiger partial charge in [-0.15, -0.1) is 0 Å². The maximum atomic E-state index is 12.8. The van der Waals surface area contributed by atoms with Gasteiger partial charge in [-0.05, 0) is 54.4 Å². The van der Waals surface area contributed by atoms with E-state index in [-0.39, 0.29) is 17.4 Å². The van der Waals surface area contributed by atoms with E-state index in [1.54, 1.807) is 31.2 Å². The normalized spacial score (nSPS) is 12.8. The van der Waals surface area contributed by atoms with Crippen molar-refractivity contribution in [2.45, 2.75) is 11.8 Å². The van der Waals surface area contributed by atoms with E-state index in [0.29, 0.717) is 33.5 Å². The lowest BCUT2D eigenvalue weighted by Gasteiger charge is -2.13. The van der Waals surface area contributed by atoms with Gasteiger partial charge in [-0.2, -0.15) is 0 Å². The average molecular weight is 432 g/mol. The molecule has 1 aliphatic rings. The Bertz CT molecular complexity index is 1230. The predicted molar refractivity (Wildman–Crippen MR) is 114 cm³/mol. The molecular weight excluding hydrogens is 414 g/mol. The van der Waals surface area contributed by atoms with Crippen LogP contribution in [0.3, 0.4) is 0 Å². The molecule has 29 heavy (non-hydrogen) atoms. The van der Waals surface area contributed by atoms with Crippen LogP contribution in [0.15, 0.2) is 53.4 Å². The van der Waals surface area contributed by atoms with Crippen LogP contribution in [-0.2, 0) is 10.0 Å². The number of fused-ring (bicyclic) bond motifs is 1. The Labute approximate surface area is 173 Å². The molecule has 0 unspecified atom stereocenters. The van der Waals surface area contributed by atoms with Crippen molar-refractivity contribution in [3.63, 3.8) is 0 Å². The van der Waals surface area contributed by atoms with Crippen molar-refractivity contribution in [3.05, 3.63) is 59.1 Å². The summed E-state index contributed by atoms with van der Waals surface area (Å²) in [5.74, 6) is 1.31. The molecular formula is C20H18ClN3O4S. The predicted octanol–water partition coefficient (Wildman–Crippen LogP) is 4.01. The van der Waals surface area contributed by atoms with Crippen LogP contribution in [0.4, 0.5) is 17.1 Å². The first-order valence-electron chi connectivity index (χ1n) is 8.62. The number of nitrogens with two attached hydrogens (primary N) is 2. The van der Waals surface area contributed by atoms with Gasteiger partial charge in [0.2, 0.25) is 6.79 Å². The van der Waals surface area contributed by atoms with E-state index in [4.69, 9.17) is 32.5 Å². The van der Waals surface area contributed by atoms with Crippen LogP contribution < -0.4 is 25.7 Å². The van der Waals surface area contributed by atoms with Gasteiger partial charge < -0.3 is 20.9 Å². The van der Waals surface area contributed by atoms with Gasteiger partial charge in [0.25, 0.3) is 10.0 Å². The molecule has 1 heterocycles. The fraction of sp³-hybridized carbons (Fsp3) is 0.100. The van der Waals surface area contributed by atoms with E-state index in [0.717, 1.165) is 11.1 Å². The second kappa shape index (κ2) is 7.06. The molecule has 9 heteroatoms. The van der Waals surface area contributed by atoms with Gasteiger partial charge >= 0.3 is 0 Å². The topological polar surface area (TPSA) is 117 Å². The number of hydrogen-bond acceptors (Lipinski definition) is 6. The second-order valence-corrected chi connectivity index (χ2v) is 8.67. The number of hydrogen-bond donors (Lipinski definition) is 3. The fourth-order valence-electron chi connectivity index (χ4n) is 3.10. The first-order valence-corrected chi connectivity index (χ1v) is 10.5. The number of nitrogens with one attached hydrogen (secondary N) is 1. The number of benzene rings is 3.